The van der Waals surface area contributed by atoms with E-state index in [9.17, 15) is 18.9 Å². The highest BCUT2D eigenvalue weighted by atomic mass is 127. The van der Waals surface area contributed by atoms with Gasteiger partial charge in [0.2, 0.25) is 11.8 Å². The van der Waals surface area contributed by atoms with E-state index in [1.165, 1.54) is 35.0 Å². The molecule has 2 N–H and O–H groups in total. The van der Waals surface area contributed by atoms with E-state index in [-0.39, 0.29) is 18.0 Å². The summed E-state index contributed by atoms with van der Waals surface area (Å²) in [6.07, 6.45) is -1.24. The van der Waals surface area contributed by atoms with Crippen molar-refractivity contribution < 1.29 is 32.7 Å². The van der Waals surface area contributed by atoms with Gasteiger partial charge in [-0.1, -0.05) is 0 Å². The van der Waals surface area contributed by atoms with Crippen molar-refractivity contribution in [3.63, 3.8) is 0 Å². The van der Waals surface area contributed by atoms with Crippen LogP contribution in [0, 0.1) is 7.14 Å². The van der Waals surface area contributed by atoms with Gasteiger partial charge in [0.05, 0.1) is 17.5 Å². The Kier molecular flexibility index (Phi) is 9.80. The average Bonchev–Trinajstić information content (AvgIpc) is 2.57. The second-order valence-corrected chi connectivity index (χ2v) is 10.1. The molecule has 1 rings (SSSR count). The van der Waals surface area contributed by atoms with Crippen LogP contribution in [0.5, 0.6) is 0 Å². The number of hydrogen-bond acceptors (Lipinski definition) is 7. The number of carbonyl (C=O) groups is 3. The monoisotopic (exact) mass is 638 g/mol. The highest BCUT2D eigenvalue weighted by Crippen LogP contribution is 2.51. The number of rotatable bonds is 8. The van der Waals surface area contributed by atoms with E-state index < -0.39 is 19.7 Å². The molecule has 156 valence electrons. The number of anilines is 2. The molecule has 0 saturated carbocycles. The van der Waals surface area contributed by atoms with E-state index in [0.29, 0.717) is 24.1 Å². The first-order valence-corrected chi connectivity index (χ1v) is 11.8. The molecule has 0 heterocycles. The third-order valence-corrected chi connectivity index (χ3v) is 7.65. The van der Waals surface area contributed by atoms with Crippen molar-refractivity contribution in [1.82, 2.24) is 0 Å². The zero-order chi connectivity index (χ0) is 21.6. The summed E-state index contributed by atoms with van der Waals surface area (Å²) >= 11 is 3.99. The van der Waals surface area contributed by atoms with Gasteiger partial charge in [-0.15, -0.1) is 0 Å². The van der Waals surface area contributed by atoms with Crippen molar-refractivity contribution in [2.75, 3.05) is 31.0 Å². The smallest absolute Gasteiger partial charge is 0.334 e. The van der Waals surface area contributed by atoms with Gasteiger partial charge in [-0.2, -0.15) is 0 Å². The molecular weight excluding hydrogens is 617 g/mol. The molecule has 9 nitrogen and oxygen atoms in total. The van der Waals surface area contributed by atoms with Gasteiger partial charge in [0.1, 0.15) is 6.10 Å². The van der Waals surface area contributed by atoms with Gasteiger partial charge >= 0.3 is 13.6 Å². The minimum atomic E-state index is -3.54. The van der Waals surface area contributed by atoms with Crippen LogP contribution < -0.4 is 10.6 Å². The van der Waals surface area contributed by atoms with Gasteiger partial charge in [-0.05, 0) is 51.2 Å². The zero-order valence-electron chi connectivity index (χ0n) is 15.9. The van der Waals surface area contributed by atoms with Gasteiger partial charge < -0.3 is 24.4 Å². The SMILES string of the molecule is COP(=O)(CC(OC(C)=O)c1c(I)c(NC(C)=O)cc(NC(C)=O)c1I)OC. The fraction of sp³-hybridized carbons (Fsp3) is 0.438. The fourth-order valence-corrected chi connectivity index (χ4v) is 5.76. The maximum Gasteiger partial charge on any atom is 0.334 e. The first kappa shape index (κ1) is 25.3. The zero-order valence-corrected chi connectivity index (χ0v) is 21.1. The minimum Gasteiger partial charge on any atom is -0.457 e. The number of nitrogens with one attached hydrogen (secondary N) is 2. The minimum absolute atomic E-state index is 0.241. The van der Waals surface area contributed by atoms with Gasteiger partial charge in [0.15, 0.2) is 0 Å². The Labute approximate surface area is 190 Å². The van der Waals surface area contributed by atoms with E-state index in [2.05, 4.69) is 10.6 Å². The standard InChI is InChI=1S/C16H21I2N2O7P/c1-8(21)19-11-6-12(20-9(2)22)16(18)14(15(11)17)13(27-10(3)23)7-28(24,25-4)26-5/h6,13H,7H2,1-5H3,(H,19,21)(H,20,22). The molecule has 1 atom stereocenters. The molecule has 0 aromatic heterocycles. The van der Waals surface area contributed by atoms with Gasteiger partial charge in [0, 0.05) is 47.7 Å². The van der Waals surface area contributed by atoms with Crippen LogP contribution >= 0.6 is 52.8 Å². The van der Waals surface area contributed by atoms with E-state index in [1.54, 1.807) is 6.07 Å². The predicted octanol–water partition coefficient (Wildman–Crippen LogP) is 3.90. The Bertz CT molecular complexity index is 783. The van der Waals surface area contributed by atoms with Crippen LogP contribution in [0.1, 0.15) is 32.4 Å². The van der Waals surface area contributed by atoms with Gasteiger partial charge in [-0.3, -0.25) is 18.9 Å². The normalized spacial score (nSPS) is 12.2. The molecule has 12 heteroatoms. The van der Waals surface area contributed by atoms with Crippen LogP contribution in [-0.4, -0.2) is 38.2 Å². The lowest BCUT2D eigenvalue weighted by atomic mass is 10.1. The number of ether oxygens (including phenoxy) is 1. The average molecular weight is 638 g/mol. The number of esters is 1. The predicted molar refractivity (Wildman–Crippen MR) is 121 cm³/mol. The lowest BCUT2D eigenvalue weighted by Crippen LogP contribution is -2.20. The highest BCUT2D eigenvalue weighted by molar-refractivity contribution is 14.1. The maximum atomic E-state index is 12.7. The van der Waals surface area contributed by atoms with Crippen molar-refractivity contribution in [1.29, 1.82) is 0 Å². The lowest BCUT2D eigenvalue weighted by Gasteiger charge is -2.25. The molecule has 0 spiro atoms. The first-order valence-electron chi connectivity index (χ1n) is 7.88. The number of amides is 2. The fourth-order valence-electron chi connectivity index (χ4n) is 2.32. The molecule has 1 aromatic rings. The molecule has 0 fully saturated rings. The van der Waals surface area contributed by atoms with Crippen LogP contribution in [0.2, 0.25) is 0 Å². The van der Waals surface area contributed by atoms with Crippen LogP contribution in [-0.2, 0) is 32.7 Å². The molecule has 0 aliphatic heterocycles. The van der Waals surface area contributed by atoms with Crippen molar-refractivity contribution in [3.8, 4) is 0 Å². The molecule has 0 saturated heterocycles. The van der Waals surface area contributed by atoms with E-state index in [4.69, 9.17) is 13.8 Å². The summed E-state index contributed by atoms with van der Waals surface area (Å²) < 4.78 is 29.2. The largest absolute Gasteiger partial charge is 0.457 e. The van der Waals surface area contributed by atoms with Gasteiger partial charge in [-0.25, -0.2) is 0 Å². The van der Waals surface area contributed by atoms with E-state index in [1.807, 2.05) is 45.2 Å². The molecule has 0 radical (unpaired) electrons. The molecule has 0 aliphatic carbocycles. The first-order chi connectivity index (χ1) is 12.9. The Morgan fingerprint density at radius 3 is 1.75 bits per heavy atom. The molecule has 0 aliphatic rings. The second-order valence-electron chi connectivity index (χ2n) is 5.63. The van der Waals surface area contributed by atoms with E-state index in [0.717, 1.165) is 0 Å². The number of hydrogen-bond donors (Lipinski definition) is 2. The summed E-state index contributed by atoms with van der Waals surface area (Å²) in [5.74, 6) is -1.23. The summed E-state index contributed by atoms with van der Waals surface area (Å²) in [6, 6.07) is 1.60. The Hall–Kier alpha value is -0.760. The Morgan fingerprint density at radius 2 is 1.43 bits per heavy atom. The van der Waals surface area contributed by atoms with Crippen LogP contribution in [0.4, 0.5) is 11.4 Å². The summed E-state index contributed by atoms with van der Waals surface area (Å²) in [5.41, 5.74) is 1.30. The second kappa shape index (κ2) is 10.9. The maximum absolute atomic E-state index is 12.7. The molecular formula is C16H21I2N2O7P. The van der Waals surface area contributed by atoms with E-state index >= 15 is 0 Å². The van der Waals surface area contributed by atoms with Crippen molar-refractivity contribution in [3.05, 3.63) is 18.8 Å². The number of carbonyl (C=O) groups excluding carboxylic acids is 3. The van der Waals surface area contributed by atoms with Gasteiger partial charge in [0.25, 0.3) is 0 Å². The number of halogens is 2. The summed E-state index contributed by atoms with van der Waals surface area (Å²) in [7, 11) is -1.07. The summed E-state index contributed by atoms with van der Waals surface area (Å²) in [6.45, 7) is 3.92. The lowest BCUT2D eigenvalue weighted by molar-refractivity contribution is -0.145. The van der Waals surface area contributed by atoms with Crippen LogP contribution in [0.3, 0.4) is 0 Å². The number of benzene rings is 1. The summed E-state index contributed by atoms with van der Waals surface area (Å²) in [4.78, 5) is 34.9. The molecule has 28 heavy (non-hydrogen) atoms. The molecule has 1 aromatic carbocycles. The quantitative estimate of drug-likeness (QED) is 0.252. The topological polar surface area (TPSA) is 120 Å². The third-order valence-electron chi connectivity index (χ3n) is 3.43. The third kappa shape index (κ3) is 6.94. The van der Waals surface area contributed by atoms with Crippen LogP contribution in [0.15, 0.2) is 6.07 Å². The van der Waals surface area contributed by atoms with Crippen molar-refractivity contribution in [2.45, 2.75) is 26.9 Å². The molecule has 0 bridgehead atoms. The van der Waals surface area contributed by atoms with Crippen LogP contribution in [0.25, 0.3) is 0 Å². The van der Waals surface area contributed by atoms with Crippen molar-refractivity contribution >= 4 is 81.9 Å². The highest BCUT2D eigenvalue weighted by Gasteiger charge is 2.34. The Morgan fingerprint density at radius 1 is 1.00 bits per heavy atom. The van der Waals surface area contributed by atoms with Crippen molar-refractivity contribution in [2.24, 2.45) is 0 Å². The Balaban J connectivity index is 3.68. The summed E-state index contributed by atoms with van der Waals surface area (Å²) in [5, 5.41) is 5.36. The molecule has 1 unspecified atom stereocenters. The molecule has 2 amide bonds.